The van der Waals surface area contributed by atoms with Gasteiger partial charge in [-0.2, -0.15) is 0 Å². The van der Waals surface area contributed by atoms with Crippen molar-refractivity contribution in [1.29, 1.82) is 0 Å². The number of hydrogen-bond donors (Lipinski definition) is 2. The minimum absolute atomic E-state index is 0.222. The Hall–Kier alpha value is -1.56. The highest BCUT2D eigenvalue weighted by Crippen LogP contribution is 2.31. The number of hydrogen-bond acceptors (Lipinski definition) is 6. The van der Waals surface area contributed by atoms with E-state index in [1.807, 2.05) is 0 Å². The van der Waals surface area contributed by atoms with Crippen LogP contribution in [-0.4, -0.2) is 21.9 Å². The van der Waals surface area contributed by atoms with Gasteiger partial charge in [0.1, 0.15) is 17.6 Å². The Morgan fingerprint density at radius 2 is 2.08 bits per heavy atom. The Kier molecular flexibility index (Phi) is 2.24. The minimum atomic E-state index is -1.71. The van der Waals surface area contributed by atoms with Gasteiger partial charge < -0.3 is 10.2 Å². The fraction of sp³-hybridized carbons (Fsp3) is 0.429. The van der Waals surface area contributed by atoms with Crippen molar-refractivity contribution in [2.75, 3.05) is 0 Å². The van der Waals surface area contributed by atoms with E-state index < -0.39 is 11.6 Å². The lowest BCUT2D eigenvalue weighted by molar-refractivity contribution is 0.113. The number of aliphatic hydroxyl groups is 2. The van der Waals surface area contributed by atoms with E-state index >= 15 is 0 Å². The first kappa shape index (κ1) is 9.53. The van der Waals surface area contributed by atoms with E-state index in [0.717, 1.165) is 12.2 Å². The zero-order valence-corrected chi connectivity index (χ0v) is 6.84. The highest BCUT2D eigenvalue weighted by Gasteiger charge is 2.43. The molecule has 0 saturated heterocycles. The Morgan fingerprint density at radius 3 is 2.54 bits per heavy atom. The van der Waals surface area contributed by atoms with Gasteiger partial charge in [0.05, 0.1) is 0 Å². The van der Waals surface area contributed by atoms with E-state index in [0.29, 0.717) is 0 Å². The summed E-state index contributed by atoms with van der Waals surface area (Å²) in [6, 6.07) is 0. The van der Waals surface area contributed by atoms with Crippen molar-refractivity contribution in [3.05, 3.63) is 33.4 Å². The molecule has 1 aliphatic carbocycles. The van der Waals surface area contributed by atoms with Crippen molar-refractivity contribution >= 4 is 0 Å². The Bertz CT molecular complexity index is 310. The molecular weight excluding hydrogens is 176 g/mol. The molecule has 13 heavy (non-hydrogen) atoms. The van der Waals surface area contributed by atoms with Crippen LogP contribution in [0.5, 0.6) is 0 Å². The molecule has 0 amide bonds. The van der Waals surface area contributed by atoms with Crippen LogP contribution in [0.1, 0.15) is 6.92 Å². The van der Waals surface area contributed by atoms with E-state index in [4.69, 9.17) is 0 Å². The van der Waals surface area contributed by atoms with Gasteiger partial charge in [-0.05, 0) is 24.3 Å². The van der Waals surface area contributed by atoms with Crippen LogP contribution in [0, 0.1) is 9.81 Å². The van der Waals surface area contributed by atoms with Crippen LogP contribution in [0.15, 0.2) is 34.0 Å². The first-order valence-electron chi connectivity index (χ1n) is 3.53. The van der Waals surface area contributed by atoms with Crippen LogP contribution < -0.4 is 0 Å². The van der Waals surface area contributed by atoms with Gasteiger partial charge in [-0.15, -0.1) is 9.81 Å². The molecule has 70 valence electrons. The summed E-state index contributed by atoms with van der Waals surface area (Å²) in [6.45, 7) is 1.22. The second-order valence-electron chi connectivity index (χ2n) is 2.88. The van der Waals surface area contributed by atoms with Gasteiger partial charge in [0.2, 0.25) is 0 Å². The maximum Gasteiger partial charge on any atom is 0.187 e. The molecule has 0 aromatic rings. The first-order valence-corrected chi connectivity index (χ1v) is 3.53. The maximum atomic E-state index is 10.4. The summed E-state index contributed by atoms with van der Waals surface area (Å²) in [5.41, 5.74) is -1.93. The number of allylic oxidation sites excluding steroid dienone is 2. The molecular formula is C7H8N2O4. The molecule has 6 heteroatoms. The third kappa shape index (κ3) is 1.25. The molecule has 0 aromatic carbocycles. The molecule has 1 rings (SSSR count). The molecule has 0 spiro atoms. The molecule has 0 fully saturated rings. The van der Waals surface area contributed by atoms with Gasteiger partial charge >= 0.3 is 0 Å². The highest BCUT2D eigenvalue weighted by atomic mass is 16.3. The fourth-order valence-electron chi connectivity index (χ4n) is 1.03. The smallest absolute Gasteiger partial charge is 0.187 e. The van der Waals surface area contributed by atoms with E-state index in [-0.39, 0.29) is 11.5 Å². The number of nitroso groups, excluding NO2 is 2. The molecule has 0 bridgehead atoms. The summed E-state index contributed by atoms with van der Waals surface area (Å²) in [6.07, 6.45) is 0.762. The number of rotatable bonds is 2. The van der Waals surface area contributed by atoms with Crippen molar-refractivity contribution in [2.45, 2.75) is 18.6 Å². The summed E-state index contributed by atoms with van der Waals surface area (Å²) < 4.78 is 0. The summed E-state index contributed by atoms with van der Waals surface area (Å²) in [5.74, 6) is -0.387. The van der Waals surface area contributed by atoms with Crippen LogP contribution in [-0.2, 0) is 0 Å². The summed E-state index contributed by atoms with van der Waals surface area (Å²) in [7, 11) is 0. The molecule has 0 aliphatic heterocycles. The van der Waals surface area contributed by atoms with Crippen molar-refractivity contribution < 1.29 is 10.2 Å². The molecule has 0 saturated carbocycles. The number of aliphatic hydroxyl groups excluding tert-OH is 2. The standard InChI is InChI=1S/C7H8N2O4/c1-7(9-13)5(10)3-2-4(8-12)6(7)11/h2-3,6,10-11H,1H3. The Balaban J connectivity index is 3.17. The SMILES string of the molecule is CC1(N=O)C(O)=CC=C(N=O)C1O. The van der Waals surface area contributed by atoms with Crippen molar-refractivity contribution in [2.24, 2.45) is 10.4 Å². The molecule has 6 nitrogen and oxygen atoms in total. The maximum absolute atomic E-state index is 10.4. The topological polar surface area (TPSA) is 99.3 Å². The van der Waals surface area contributed by atoms with Crippen molar-refractivity contribution in [1.82, 2.24) is 0 Å². The normalized spacial score (nSPS) is 33.2. The van der Waals surface area contributed by atoms with E-state index in [9.17, 15) is 20.0 Å². The van der Waals surface area contributed by atoms with Gasteiger partial charge in [0, 0.05) is 0 Å². The fourth-order valence-corrected chi connectivity index (χ4v) is 1.03. The lowest BCUT2D eigenvalue weighted by Gasteiger charge is -2.28. The third-order valence-corrected chi connectivity index (χ3v) is 2.04. The van der Waals surface area contributed by atoms with Gasteiger partial charge in [-0.1, -0.05) is 5.18 Å². The quantitative estimate of drug-likeness (QED) is 0.624. The largest absolute Gasteiger partial charge is 0.509 e. The van der Waals surface area contributed by atoms with E-state index in [2.05, 4.69) is 10.4 Å². The third-order valence-electron chi connectivity index (χ3n) is 2.04. The predicted octanol–water partition coefficient (Wildman–Crippen LogP) is 0.978. The molecule has 0 heterocycles. The van der Waals surface area contributed by atoms with Crippen molar-refractivity contribution in [3.63, 3.8) is 0 Å². The molecule has 2 N–H and O–H groups in total. The lowest BCUT2D eigenvalue weighted by atomic mass is 9.87. The first-order chi connectivity index (χ1) is 6.06. The zero-order chi connectivity index (χ0) is 10.1. The van der Waals surface area contributed by atoms with Crippen LogP contribution in [0.2, 0.25) is 0 Å². The van der Waals surface area contributed by atoms with Gasteiger partial charge in [0.15, 0.2) is 5.54 Å². The summed E-state index contributed by atoms with van der Waals surface area (Å²) >= 11 is 0. The summed E-state index contributed by atoms with van der Waals surface area (Å²) in [5, 5.41) is 23.7. The van der Waals surface area contributed by atoms with Crippen molar-refractivity contribution in [3.8, 4) is 0 Å². The van der Waals surface area contributed by atoms with E-state index in [1.165, 1.54) is 6.92 Å². The van der Waals surface area contributed by atoms with Gasteiger partial charge in [0.25, 0.3) is 0 Å². The molecule has 2 unspecified atom stereocenters. The lowest BCUT2D eigenvalue weighted by Crippen LogP contribution is -2.41. The van der Waals surface area contributed by atoms with Gasteiger partial charge in [-0.25, -0.2) is 0 Å². The monoisotopic (exact) mass is 184 g/mol. The van der Waals surface area contributed by atoms with Crippen LogP contribution in [0.3, 0.4) is 0 Å². The zero-order valence-electron chi connectivity index (χ0n) is 6.84. The molecule has 1 aliphatic rings. The second-order valence-corrected chi connectivity index (χ2v) is 2.88. The van der Waals surface area contributed by atoms with Crippen LogP contribution in [0.4, 0.5) is 0 Å². The molecule has 2 atom stereocenters. The van der Waals surface area contributed by atoms with Crippen LogP contribution >= 0.6 is 0 Å². The average Bonchev–Trinajstić information content (AvgIpc) is 2.15. The predicted molar refractivity (Wildman–Crippen MR) is 44.8 cm³/mol. The van der Waals surface area contributed by atoms with Gasteiger partial charge in [-0.3, -0.25) is 0 Å². The van der Waals surface area contributed by atoms with Crippen LogP contribution in [0.25, 0.3) is 0 Å². The van der Waals surface area contributed by atoms with E-state index in [1.54, 1.807) is 0 Å². The highest BCUT2D eigenvalue weighted by molar-refractivity contribution is 5.34. The average molecular weight is 184 g/mol. The second kappa shape index (κ2) is 3.06. The Labute approximate surface area is 73.5 Å². The summed E-state index contributed by atoms with van der Waals surface area (Å²) in [4.78, 5) is 20.5. The number of nitrogens with zero attached hydrogens (tertiary/aromatic N) is 2. The molecule has 0 aromatic heterocycles. The molecule has 0 radical (unpaired) electrons. The Morgan fingerprint density at radius 1 is 1.46 bits per heavy atom. The minimum Gasteiger partial charge on any atom is -0.509 e.